The van der Waals surface area contributed by atoms with Gasteiger partial charge in [-0.2, -0.15) is 18.3 Å². The van der Waals surface area contributed by atoms with E-state index in [2.05, 4.69) is 15.2 Å². The van der Waals surface area contributed by atoms with Gasteiger partial charge in [0.05, 0.1) is 36.2 Å². The standard InChI is InChI=1S/C17H14F3N5O2/c18-17(19,20)9-3-12(13-1-2-22-23-13)15-21-5-14(25(15)6-9)16(26)24-7-11-4-10(24)8-27-11/h1-3,5-6,10-11H,4,7-8H2,(H,22,23). The molecule has 2 unspecified atom stereocenters. The number of nitrogens with zero attached hydrogens (tertiary/aromatic N) is 4. The number of nitrogens with one attached hydrogen (secondary N) is 1. The van der Waals surface area contributed by atoms with Crippen LogP contribution in [0.15, 0.2) is 30.7 Å². The molecule has 0 spiro atoms. The Hall–Kier alpha value is -2.88. The van der Waals surface area contributed by atoms with E-state index in [1.807, 2.05) is 0 Å². The number of carbonyl (C=O) groups excluding carboxylic acids is 1. The lowest BCUT2D eigenvalue weighted by atomic mass is 10.1. The van der Waals surface area contributed by atoms with Gasteiger partial charge < -0.3 is 9.64 Å². The SMILES string of the molecule is O=C(c1cnc2c(-c3ccn[nH]3)cc(C(F)(F)F)cn12)N1CC2CC1CO2. The summed E-state index contributed by atoms with van der Waals surface area (Å²) < 4.78 is 47.0. The zero-order chi connectivity index (χ0) is 18.8. The molecular formula is C17H14F3N5O2. The lowest BCUT2D eigenvalue weighted by Crippen LogP contribution is -2.41. The number of likely N-dealkylation sites (tertiary alicyclic amines) is 1. The fraction of sp³-hybridized carbons (Fsp3) is 0.353. The zero-order valence-electron chi connectivity index (χ0n) is 13.9. The summed E-state index contributed by atoms with van der Waals surface area (Å²) in [6.07, 6.45) is -0.110. The number of pyridine rings is 1. The van der Waals surface area contributed by atoms with Crippen molar-refractivity contribution in [2.75, 3.05) is 13.2 Å². The molecule has 2 aliphatic rings. The Labute approximate surface area is 150 Å². The quantitative estimate of drug-likeness (QED) is 0.744. The van der Waals surface area contributed by atoms with Gasteiger partial charge in [-0.25, -0.2) is 4.98 Å². The molecule has 140 valence electrons. The first-order chi connectivity index (χ1) is 12.9. The number of halogens is 3. The molecule has 3 aromatic heterocycles. The number of fused-ring (bicyclic) bond motifs is 3. The Morgan fingerprint density at radius 2 is 2.22 bits per heavy atom. The Morgan fingerprint density at radius 1 is 1.37 bits per heavy atom. The summed E-state index contributed by atoms with van der Waals surface area (Å²) in [4.78, 5) is 18.9. The molecule has 3 aromatic rings. The highest BCUT2D eigenvalue weighted by Crippen LogP contribution is 2.35. The number of aromatic nitrogens is 4. The molecule has 0 aliphatic carbocycles. The molecule has 0 aromatic carbocycles. The fourth-order valence-corrected chi connectivity index (χ4v) is 3.80. The molecular weight excluding hydrogens is 363 g/mol. The summed E-state index contributed by atoms with van der Waals surface area (Å²) in [6, 6.07) is 2.53. The average Bonchev–Trinajstić information content (AvgIpc) is 3.43. The molecule has 1 N–H and O–H groups in total. The minimum Gasteiger partial charge on any atom is -0.374 e. The number of carbonyl (C=O) groups is 1. The second-order valence-electron chi connectivity index (χ2n) is 6.75. The number of aromatic amines is 1. The van der Waals surface area contributed by atoms with E-state index in [1.54, 1.807) is 11.0 Å². The van der Waals surface area contributed by atoms with Crippen LogP contribution in [0.5, 0.6) is 0 Å². The largest absolute Gasteiger partial charge is 0.417 e. The first-order valence-electron chi connectivity index (χ1n) is 8.42. The molecule has 2 fully saturated rings. The van der Waals surface area contributed by atoms with Crippen LogP contribution >= 0.6 is 0 Å². The van der Waals surface area contributed by atoms with Gasteiger partial charge >= 0.3 is 6.18 Å². The number of morpholine rings is 1. The van der Waals surface area contributed by atoms with Crippen LogP contribution in [0, 0.1) is 0 Å². The molecule has 27 heavy (non-hydrogen) atoms. The van der Waals surface area contributed by atoms with Crippen molar-refractivity contribution in [2.24, 2.45) is 0 Å². The van der Waals surface area contributed by atoms with Crippen LogP contribution in [-0.2, 0) is 10.9 Å². The van der Waals surface area contributed by atoms with Crippen LogP contribution in [0.1, 0.15) is 22.5 Å². The summed E-state index contributed by atoms with van der Waals surface area (Å²) in [5, 5.41) is 6.45. The van der Waals surface area contributed by atoms with E-state index >= 15 is 0 Å². The molecule has 2 aliphatic heterocycles. The van der Waals surface area contributed by atoms with E-state index < -0.39 is 11.7 Å². The average molecular weight is 377 g/mol. The highest BCUT2D eigenvalue weighted by atomic mass is 19.4. The van der Waals surface area contributed by atoms with Crippen LogP contribution < -0.4 is 0 Å². The van der Waals surface area contributed by atoms with Crippen molar-refractivity contribution in [3.8, 4) is 11.3 Å². The van der Waals surface area contributed by atoms with E-state index in [0.717, 1.165) is 18.7 Å². The maximum atomic E-state index is 13.4. The first kappa shape index (κ1) is 16.3. The third-order valence-corrected chi connectivity index (χ3v) is 5.10. The van der Waals surface area contributed by atoms with Gasteiger partial charge in [-0.1, -0.05) is 0 Å². The molecule has 2 saturated heterocycles. The van der Waals surface area contributed by atoms with Gasteiger partial charge in [0, 0.05) is 24.5 Å². The maximum Gasteiger partial charge on any atom is 0.417 e. The lowest BCUT2D eigenvalue weighted by molar-refractivity contribution is -0.137. The van der Waals surface area contributed by atoms with E-state index in [4.69, 9.17) is 4.74 Å². The van der Waals surface area contributed by atoms with Crippen LogP contribution in [0.2, 0.25) is 0 Å². The predicted octanol–water partition coefficient (Wildman–Crippen LogP) is 2.36. The minimum atomic E-state index is -4.56. The van der Waals surface area contributed by atoms with Gasteiger partial charge in [0.25, 0.3) is 5.91 Å². The van der Waals surface area contributed by atoms with Crippen LogP contribution in [0.25, 0.3) is 16.9 Å². The highest BCUT2D eigenvalue weighted by Gasteiger charge is 2.42. The van der Waals surface area contributed by atoms with Gasteiger partial charge in [0.15, 0.2) is 0 Å². The number of amides is 1. The van der Waals surface area contributed by atoms with E-state index in [0.29, 0.717) is 18.8 Å². The second kappa shape index (κ2) is 5.56. The predicted molar refractivity (Wildman–Crippen MR) is 87.0 cm³/mol. The monoisotopic (exact) mass is 377 g/mol. The lowest BCUT2D eigenvalue weighted by Gasteiger charge is -2.26. The Morgan fingerprint density at radius 3 is 2.85 bits per heavy atom. The summed E-state index contributed by atoms with van der Waals surface area (Å²) in [6.45, 7) is 0.906. The number of alkyl halides is 3. The Bertz CT molecular complexity index is 1030. The minimum absolute atomic E-state index is 0.00410. The number of H-pyrrole nitrogens is 1. The fourth-order valence-electron chi connectivity index (χ4n) is 3.80. The van der Waals surface area contributed by atoms with Crippen molar-refractivity contribution in [1.82, 2.24) is 24.5 Å². The van der Waals surface area contributed by atoms with Gasteiger partial charge in [-0.15, -0.1) is 0 Å². The first-order valence-corrected chi connectivity index (χ1v) is 8.42. The number of ether oxygens (including phenoxy) is 1. The third kappa shape index (κ3) is 2.51. The van der Waals surface area contributed by atoms with Crippen molar-refractivity contribution >= 4 is 11.6 Å². The van der Waals surface area contributed by atoms with Crippen molar-refractivity contribution < 1.29 is 22.7 Å². The number of hydrogen-bond acceptors (Lipinski definition) is 4. The molecule has 5 rings (SSSR count). The molecule has 7 nitrogen and oxygen atoms in total. The molecule has 10 heteroatoms. The topological polar surface area (TPSA) is 75.5 Å². The maximum absolute atomic E-state index is 13.4. The van der Waals surface area contributed by atoms with Crippen LogP contribution in [-0.4, -0.2) is 55.7 Å². The molecule has 0 radical (unpaired) electrons. The number of imidazole rings is 1. The molecule has 1 amide bonds. The third-order valence-electron chi connectivity index (χ3n) is 5.10. The normalized spacial score (nSPS) is 22.1. The summed E-state index contributed by atoms with van der Waals surface area (Å²) in [5.41, 5.74) is 0.121. The van der Waals surface area contributed by atoms with Crippen molar-refractivity contribution in [2.45, 2.75) is 24.7 Å². The van der Waals surface area contributed by atoms with Gasteiger partial charge in [0.1, 0.15) is 11.3 Å². The van der Waals surface area contributed by atoms with Crippen molar-refractivity contribution in [3.05, 3.63) is 42.0 Å². The highest BCUT2D eigenvalue weighted by molar-refractivity contribution is 5.95. The Kier molecular flexibility index (Phi) is 3.36. The van der Waals surface area contributed by atoms with Crippen LogP contribution in [0.4, 0.5) is 13.2 Å². The number of rotatable bonds is 2. The Balaban J connectivity index is 1.66. The molecule has 2 atom stereocenters. The van der Waals surface area contributed by atoms with E-state index in [9.17, 15) is 18.0 Å². The van der Waals surface area contributed by atoms with Crippen LogP contribution in [0.3, 0.4) is 0 Å². The number of hydrogen-bond donors (Lipinski definition) is 1. The molecule has 5 heterocycles. The smallest absolute Gasteiger partial charge is 0.374 e. The second-order valence-corrected chi connectivity index (χ2v) is 6.75. The molecule has 0 saturated carbocycles. The van der Waals surface area contributed by atoms with Gasteiger partial charge in [-0.05, 0) is 18.6 Å². The summed E-state index contributed by atoms with van der Waals surface area (Å²) in [7, 11) is 0. The van der Waals surface area contributed by atoms with Crippen molar-refractivity contribution in [1.29, 1.82) is 0 Å². The van der Waals surface area contributed by atoms with E-state index in [1.165, 1.54) is 16.8 Å². The zero-order valence-corrected chi connectivity index (χ0v) is 13.9. The van der Waals surface area contributed by atoms with Gasteiger partial charge in [-0.3, -0.25) is 14.3 Å². The summed E-state index contributed by atoms with van der Waals surface area (Å²) in [5.74, 6) is -0.340. The van der Waals surface area contributed by atoms with Crippen molar-refractivity contribution in [3.63, 3.8) is 0 Å². The molecule has 2 bridgehead atoms. The van der Waals surface area contributed by atoms with Gasteiger partial charge in [0.2, 0.25) is 0 Å². The van der Waals surface area contributed by atoms with E-state index in [-0.39, 0.29) is 35.0 Å². The summed E-state index contributed by atoms with van der Waals surface area (Å²) >= 11 is 0.